The second-order valence-corrected chi connectivity index (χ2v) is 8.50. The van der Waals surface area contributed by atoms with Crippen LogP contribution in [0.4, 0.5) is 0 Å². The SMILES string of the molecule is CC1=CC=C(C(C)(C)C2C=C(C(C)(C)C)c3ccccc32)C1.[H-].[Li+]. The maximum absolute atomic E-state index is 2.54. The van der Waals surface area contributed by atoms with E-state index in [4.69, 9.17) is 0 Å². The Hall–Kier alpha value is -0.963. The Bertz CT molecular complexity index is 699. The van der Waals surface area contributed by atoms with Crippen molar-refractivity contribution >= 4 is 5.57 Å². The van der Waals surface area contributed by atoms with Gasteiger partial charge < -0.3 is 1.43 Å². The number of hydrogen-bond acceptors (Lipinski definition) is 0. The molecule has 23 heavy (non-hydrogen) atoms. The average Bonchev–Trinajstić information content (AvgIpc) is 3.02. The van der Waals surface area contributed by atoms with Crippen LogP contribution in [0.1, 0.15) is 66.4 Å². The van der Waals surface area contributed by atoms with Gasteiger partial charge in [-0.3, -0.25) is 0 Å². The van der Waals surface area contributed by atoms with E-state index < -0.39 is 0 Å². The summed E-state index contributed by atoms with van der Waals surface area (Å²) in [4.78, 5) is 0. The molecule has 1 aromatic carbocycles. The van der Waals surface area contributed by atoms with Crippen LogP contribution in [0.15, 0.2) is 53.6 Å². The summed E-state index contributed by atoms with van der Waals surface area (Å²) >= 11 is 0. The molecule has 0 radical (unpaired) electrons. The molecule has 0 nitrogen and oxygen atoms in total. The molecular formula is C22H29Li. The van der Waals surface area contributed by atoms with Gasteiger partial charge in [0.25, 0.3) is 0 Å². The van der Waals surface area contributed by atoms with Gasteiger partial charge in [0.15, 0.2) is 0 Å². The van der Waals surface area contributed by atoms with Crippen molar-refractivity contribution in [2.75, 3.05) is 0 Å². The van der Waals surface area contributed by atoms with Crippen molar-refractivity contribution in [2.24, 2.45) is 10.8 Å². The van der Waals surface area contributed by atoms with Gasteiger partial charge in [-0.1, -0.05) is 88.3 Å². The van der Waals surface area contributed by atoms with Gasteiger partial charge in [0.1, 0.15) is 0 Å². The minimum Gasteiger partial charge on any atom is -1.00 e. The van der Waals surface area contributed by atoms with Crippen molar-refractivity contribution in [1.29, 1.82) is 0 Å². The molecule has 0 spiro atoms. The molecule has 3 rings (SSSR count). The fourth-order valence-electron chi connectivity index (χ4n) is 3.91. The first-order valence-electron chi connectivity index (χ1n) is 8.39. The zero-order valence-electron chi connectivity index (χ0n) is 16.8. The van der Waals surface area contributed by atoms with Crippen LogP contribution in [0.5, 0.6) is 0 Å². The maximum Gasteiger partial charge on any atom is 1.00 e. The predicted octanol–water partition coefficient (Wildman–Crippen LogP) is 3.63. The van der Waals surface area contributed by atoms with E-state index >= 15 is 0 Å². The third-order valence-corrected chi connectivity index (χ3v) is 5.37. The molecule has 0 heterocycles. The minimum atomic E-state index is 0. The number of hydrogen-bond donors (Lipinski definition) is 0. The largest absolute Gasteiger partial charge is 1.00 e. The number of fused-ring (bicyclic) bond motifs is 1. The third-order valence-electron chi connectivity index (χ3n) is 5.37. The molecule has 2 aliphatic rings. The molecule has 118 valence electrons. The third kappa shape index (κ3) is 3.17. The standard InChI is InChI=1S/C22H28.Li.H/c1-15-11-12-16(13-15)22(5,6)20-14-19(21(2,3)4)17-9-7-8-10-18(17)20;;/h7-12,14,20H,13H2,1-6H3;;/q;+1;-1. The van der Waals surface area contributed by atoms with Crippen LogP contribution in [0, 0.1) is 10.8 Å². The molecule has 0 saturated heterocycles. The normalized spacial score (nSPS) is 20.4. The van der Waals surface area contributed by atoms with E-state index in [-0.39, 0.29) is 31.1 Å². The maximum atomic E-state index is 2.54. The summed E-state index contributed by atoms with van der Waals surface area (Å²) < 4.78 is 0. The molecule has 1 unspecified atom stereocenters. The van der Waals surface area contributed by atoms with E-state index in [9.17, 15) is 0 Å². The molecule has 0 amide bonds. The molecule has 0 aromatic heterocycles. The fraction of sp³-hybridized carbons (Fsp3) is 0.455. The first-order chi connectivity index (χ1) is 10.2. The number of rotatable bonds is 2. The average molecular weight is 300 g/mol. The fourth-order valence-corrected chi connectivity index (χ4v) is 3.91. The van der Waals surface area contributed by atoms with Gasteiger partial charge in [-0.15, -0.1) is 0 Å². The van der Waals surface area contributed by atoms with E-state index in [1.54, 1.807) is 5.57 Å². The Labute approximate surface area is 155 Å². The van der Waals surface area contributed by atoms with Crippen LogP contribution >= 0.6 is 0 Å². The molecule has 0 N–H and O–H groups in total. The topological polar surface area (TPSA) is 0 Å². The summed E-state index contributed by atoms with van der Waals surface area (Å²) in [6.45, 7) is 14.0. The van der Waals surface area contributed by atoms with Gasteiger partial charge >= 0.3 is 18.9 Å². The molecule has 1 heteroatoms. The number of benzene rings is 1. The number of allylic oxidation sites excluding steroid dienone is 6. The van der Waals surface area contributed by atoms with Crippen LogP contribution in [-0.2, 0) is 0 Å². The van der Waals surface area contributed by atoms with E-state index in [2.05, 4.69) is 84.0 Å². The minimum absolute atomic E-state index is 0. The van der Waals surface area contributed by atoms with Gasteiger partial charge in [0.05, 0.1) is 0 Å². The molecule has 0 aliphatic heterocycles. The van der Waals surface area contributed by atoms with Gasteiger partial charge in [-0.2, -0.15) is 0 Å². The Morgan fingerprint density at radius 1 is 1.00 bits per heavy atom. The van der Waals surface area contributed by atoms with Crippen molar-refractivity contribution in [3.05, 3.63) is 64.8 Å². The summed E-state index contributed by atoms with van der Waals surface area (Å²) in [7, 11) is 0. The molecule has 0 bridgehead atoms. The van der Waals surface area contributed by atoms with Gasteiger partial charge in [-0.25, -0.2) is 0 Å². The second-order valence-electron chi connectivity index (χ2n) is 8.50. The van der Waals surface area contributed by atoms with Gasteiger partial charge in [-0.05, 0) is 40.9 Å². The zero-order valence-corrected chi connectivity index (χ0v) is 15.8. The first-order valence-corrected chi connectivity index (χ1v) is 8.39. The second kappa shape index (κ2) is 6.16. The summed E-state index contributed by atoms with van der Waals surface area (Å²) in [6.07, 6.45) is 8.30. The Balaban J connectivity index is 0.00000144. The summed E-state index contributed by atoms with van der Waals surface area (Å²) in [5.41, 5.74) is 7.87. The molecule has 0 fully saturated rings. The van der Waals surface area contributed by atoms with E-state index in [0.29, 0.717) is 5.92 Å². The molecule has 0 saturated carbocycles. The summed E-state index contributed by atoms with van der Waals surface area (Å²) in [6, 6.07) is 8.99. The molecule has 2 aliphatic carbocycles. The first kappa shape index (κ1) is 18.4. The van der Waals surface area contributed by atoms with E-state index in [0.717, 1.165) is 6.42 Å². The predicted molar refractivity (Wildman–Crippen MR) is 98.0 cm³/mol. The van der Waals surface area contributed by atoms with Crippen molar-refractivity contribution in [3.8, 4) is 0 Å². The molecular weight excluding hydrogens is 271 g/mol. The Morgan fingerprint density at radius 3 is 2.22 bits per heavy atom. The van der Waals surface area contributed by atoms with Crippen LogP contribution in [0.25, 0.3) is 5.57 Å². The summed E-state index contributed by atoms with van der Waals surface area (Å²) in [5, 5.41) is 0. The van der Waals surface area contributed by atoms with Crippen LogP contribution in [0.3, 0.4) is 0 Å². The van der Waals surface area contributed by atoms with E-state index in [1.807, 2.05) is 0 Å². The molecule has 1 aromatic rings. The Kier molecular flexibility index (Phi) is 4.92. The van der Waals surface area contributed by atoms with Crippen LogP contribution < -0.4 is 18.9 Å². The smallest absolute Gasteiger partial charge is 1.00 e. The van der Waals surface area contributed by atoms with Gasteiger partial charge in [0, 0.05) is 5.92 Å². The van der Waals surface area contributed by atoms with Crippen molar-refractivity contribution < 1.29 is 20.3 Å². The van der Waals surface area contributed by atoms with Crippen molar-refractivity contribution in [3.63, 3.8) is 0 Å². The zero-order chi connectivity index (χ0) is 16.1. The van der Waals surface area contributed by atoms with Crippen LogP contribution in [-0.4, -0.2) is 0 Å². The van der Waals surface area contributed by atoms with Gasteiger partial charge in [0.2, 0.25) is 0 Å². The van der Waals surface area contributed by atoms with E-state index in [1.165, 1.54) is 22.3 Å². The van der Waals surface area contributed by atoms with Crippen LogP contribution in [0.2, 0.25) is 0 Å². The molecule has 1 atom stereocenters. The van der Waals surface area contributed by atoms with Crippen molar-refractivity contribution in [1.82, 2.24) is 0 Å². The van der Waals surface area contributed by atoms with Crippen molar-refractivity contribution in [2.45, 2.75) is 53.9 Å². The monoisotopic (exact) mass is 300 g/mol. The summed E-state index contributed by atoms with van der Waals surface area (Å²) in [5.74, 6) is 0.475. The Morgan fingerprint density at radius 2 is 1.65 bits per heavy atom. The quantitative estimate of drug-likeness (QED) is 0.732.